The van der Waals surface area contributed by atoms with Gasteiger partial charge >= 0.3 is 6.09 Å². The molecule has 2 N–H and O–H groups in total. The average molecular weight is 270 g/mol. The van der Waals surface area contributed by atoms with Crippen molar-refractivity contribution in [2.75, 3.05) is 19.7 Å². The Labute approximate surface area is 115 Å². The van der Waals surface area contributed by atoms with E-state index in [0.29, 0.717) is 19.7 Å². The number of carbonyl (C=O) groups is 1. The molecule has 1 heterocycles. The Balaban J connectivity index is 2.02. The van der Waals surface area contributed by atoms with Crippen LogP contribution in [0.4, 0.5) is 4.79 Å². The van der Waals surface area contributed by atoms with Crippen LogP contribution >= 0.6 is 0 Å². The molecule has 5 heteroatoms. The first kappa shape index (κ1) is 14.6. The monoisotopic (exact) mass is 270 g/mol. The van der Waals surface area contributed by atoms with Gasteiger partial charge in [-0.25, -0.2) is 4.79 Å². The SMILES string of the molecule is CC(C)(C)OC(=O)N1CCOC2(CCCCC2N)C1. The van der Waals surface area contributed by atoms with Crippen LogP contribution in [-0.4, -0.2) is 47.9 Å². The minimum absolute atomic E-state index is 0.0199. The number of rotatable bonds is 0. The van der Waals surface area contributed by atoms with E-state index >= 15 is 0 Å². The predicted molar refractivity (Wildman–Crippen MR) is 72.9 cm³/mol. The van der Waals surface area contributed by atoms with Gasteiger partial charge in [-0.15, -0.1) is 0 Å². The highest BCUT2D eigenvalue weighted by atomic mass is 16.6. The molecule has 1 saturated heterocycles. The zero-order valence-electron chi connectivity index (χ0n) is 12.3. The van der Waals surface area contributed by atoms with Crippen molar-refractivity contribution in [1.29, 1.82) is 0 Å². The summed E-state index contributed by atoms with van der Waals surface area (Å²) < 4.78 is 11.4. The first-order chi connectivity index (χ1) is 8.82. The summed E-state index contributed by atoms with van der Waals surface area (Å²) in [5, 5.41) is 0. The number of morpholine rings is 1. The van der Waals surface area contributed by atoms with Gasteiger partial charge in [-0.2, -0.15) is 0 Å². The molecule has 0 bridgehead atoms. The molecule has 2 rings (SSSR count). The molecule has 0 aromatic carbocycles. The Hall–Kier alpha value is -0.810. The summed E-state index contributed by atoms with van der Waals surface area (Å²) in [6.07, 6.45) is 3.93. The fraction of sp³-hybridized carbons (Fsp3) is 0.929. The topological polar surface area (TPSA) is 64.8 Å². The molecule has 0 aromatic heterocycles. The van der Waals surface area contributed by atoms with Crippen molar-refractivity contribution in [1.82, 2.24) is 4.90 Å². The number of ether oxygens (including phenoxy) is 2. The maximum Gasteiger partial charge on any atom is 0.410 e. The molecule has 2 unspecified atom stereocenters. The molecule has 110 valence electrons. The van der Waals surface area contributed by atoms with E-state index in [-0.39, 0.29) is 17.7 Å². The summed E-state index contributed by atoms with van der Waals surface area (Å²) in [5.41, 5.74) is 5.42. The van der Waals surface area contributed by atoms with Crippen LogP contribution in [0.25, 0.3) is 0 Å². The number of hydrogen-bond acceptors (Lipinski definition) is 4. The standard InChI is InChI=1S/C14H26N2O3/c1-13(2,3)19-12(17)16-8-9-18-14(10-16)7-5-4-6-11(14)15/h11H,4-10,15H2,1-3H3. The van der Waals surface area contributed by atoms with Crippen LogP contribution in [0.2, 0.25) is 0 Å². The molecular weight excluding hydrogens is 244 g/mol. The third-order valence-electron chi connectivity index (χ3n) is 3.90. The number of nitrogens with two attached hydrogens (primary N) is 1. The van der Waals surface area contributed by atoms with Gasteiger partial charge in [0, 0.05) is 12.6 Å². The van der Waals surface area contributed by atoms with E-state index < -0.39 is 5.60 Å². The highest BCUT2D eigenvalue weighted by Gasteiger charge is 2.45. The minimum atomic E-state index is -0.461. The van der Waals surface area contributed by atoms with Gasteiger partial charge in [0.05, 0.1) is 13.2 Å². The molecule has 2 fully saturated rings. The summed E-state index contributed by atoms with van der Waals surface area (Å²) >= 11 is 0. The summed E-state index contributed by atoms with van der Waals surface area (Å²) in [6.45, 7) is 7.34. The van der Waals surface area contributed by atoms with Crippen LogP contribution in [0.5, 0.6) is 0 Å². The van der Waals surface area contributed by atoms with E-state index in [0.717, 1.165) is 25.7 Å². The summed E-state index contributed by atoms with van der Waals surface area (Å²) in [4.78, 5) is 13.9. The minimum Gasteiger partial charge on any atom is -0.444 e. The van der Waals surface area contributed by atoms with Gasteiger partial charge < -0.3 is 20.1 Å². The molecule has 0 radical (unpaired) electrons. The van der Waals surface area contributed by atoms with Gasteiger partial charge in [-0.1, -0.05) is 12.8 Å². The summed E-state index contributed by atoms with van der Waals surface area (Å²) in [7, 11) is 0. The summed E-state index contributed by atoms with van der Waals surface area (Å²) in [6, 6.07) is 0.0199. The van der Waals surface area contributed by atoms with Crippen molar-refractivity contribution in [3.8, 4) is 0 Å². The molecule has 19 heavy (non-hydrogen) atoms. The van der Waals surface area contributed by atoms with E-state index in [2.05, 4.69) is 0 Å². The molecule has 1 saturated carbocycles. The molecule has 2 aliphatic rings. The van der Waals surface area contributed by atoms with E-state index in [1.165, 1.54) is 0 Å². The van der Waals surface area contributed by atoms with Crippen LogP contribution in [0, 0.1) is 0 Å². The fourth-order valence-corrected chi connectivity index (χ4v) is 2.90. The second-order valence-corrected chi connectivity index (χ2v) is 6.67. The normalized spacial score (nSPS) is 32.4. The third-order valence-corrected chi connectivity index (χ3v) is 3.90. The maximum atomic E-state index is 12.2. The van der Waals surface area contributed by atoms with Crippen molar-refractivity contribution in [2.45, 2.75) is 63.7 Å². The smallest absolute Gasteiger partial charge is 0.410 e. The molecular formula is C14H26N2O3. The number of hydrogen-bond donors (Lipinski definition) is 1. The Kier molecular flexibility index (Phi) is 4.06. The Morgan fingerprint density at radius 2 is 2.16 bits per heavy atom. The molecule has 0 aromatic rings. The van der Waals surface area contributed by atoms with Crippen molar-refractivity contribution in [2.24, 2.45) is 5.73 Å². The zero-order chi connectivity index (χ0) is 14.1. The molecule has 2 atom stereocenters. The largest absolute Gasteiger partial charge is 0.444 e. The van der Waals surface area contributed by atoms with E-state index in [1.807, 2.05) is 20.8 Å². The van der Waals surface area contributed by atoms with Crippen molar-refractivity contribution in [3.05, 3.63) is 0 Å². The lowest BCUT2D eigenvalue weighted by molar-refractivity contribution is -0.134. The van der Waals surface area contributed by atoms with E-state index in [4.69, 9.17) is 15.2 Å². The van der Waals surface area contributed by atoms with Crippen molar-refractivity contribution in [3.63, 3.8) is 0 Å². The number of nitrogens with zero attached hydrogens (tertiary/aromatic N) is 1. The van der Waals surface area contributed by atoms with Gasteiger partial charge in [0.25, 0.3) is 0 Å². The maximum absolute atomic E-state index is 12.2. The molecule has 1 amide bonds. The lowest BCUT2D eigenvalue weighted by atomic mass is 9.79. The highest BCUT2D eigenvalue weighted by Crippen LogP contribution is 2.34. The molecule has 1 spiro atoms. The summed E-state index contributed by atoms with van der Waals surface area (Å²) in [5.74, 6) is 0. The quantitative estimate of drug-likeness (QED) is 0.730. The van der Waals surface area contributed by atoms with E-state index in [9.17, 15) is 4.79 Å². The van der Waals surface area contributed by atoms with Crippen molar-refractivity contribution < 1.29 is 14.3 Å². The lowest BCUT2D eigenvalue weighted by Crippen LogP contribution is -2.63. The van der Waals surface area contributed by atoms with Gasteiger partial charge in [0.1, 0.15) is 11.2 Å². The Morgan fingerprint density at radius 1 is 1.42 bits per heavy atom. The van der Waals surface area contributed by atoms with Gasteiger partial charge in [0.2, 0.25) is 0 Å². The van der Waals surface area contributed by atoms with Crippen LogP contribution in [0.1, 0.15) is 46.5 Å². The number of amides is 1. The van der Waals surface area contributed by atoms with Crippen LogP contribution in [-0.2, 0) is 9.47 Å². The lowest BCUT2D eigenvalue weighted by Gasteiger charge is -2.48. The highest BCUT2D eigenvalue weighted by molar-refractivity contribution is 5.68. The average Bonchev–Trinajstić information content (AvgIpc) is 2.31. The Morgan fingerprint density at radius 3 is 2.79 bits per heavy atom. The first-order valence-electron chi connectivity index (χ1n) is 7.20. The fourth-order valence-electron chi connectivity index (χ4n) is 2.90. The van der Waals surface area contributed by atoms with Crippen LogP contribution in [0.15, 0.2) is 0 Å². The Bertz CT molecular complexity index is 336. The molecule has 5 nitrogen and oxygen atoms in total. The first-order valence-corrected chi connectivity index (χ1v) is 7.20. The van der Waals surface area contributed by atoms with Crippen LogP contribution < -0.4 is 5.73 Å². The molecule has 1 aliphatic heterocycles. The van der Waals surface area contributed by atoms with Crippen LogP contribution in [0.3, 0.4) is 0 Å². The third kappa shape index (κ3) is 3.39. The van der Waals surface area contributed by atoms with Gasteiger partial charge in [-0.3, -0.25) is 0 Å². The van der Waals surface area contributed by atoms with Gasteiger partial charge in [-0.05, 0) is 33.6 Å². The predicted octanol–water partition coefficient (Wildman–Crippen LogP) is 1.89. The zero-order valence-corrected chi connectivity index (χ0v) is 12.3. The van der Waals surface area contributed by atoms with E-state index in [1.54, 1.807) is 4.90 Å². The second kappa shape index (κ2) is 5.29. The van der Waals surface area contributed by atoms with Crippen molar-refractivity contribution >= 4 is 6.09 Å². The molecule has 1 aliphatic carbocycles. The second-order valence-electron chi connectivity index (χ2n) is 6.67. The number of carbonyl (C=O) groups excluding carboxylic acids is 1. The van der Waals surface area contributed by atoms with Gasteiger partial charge in [0.15, 0.2) is 0 Å².